The van der Waals surface area contributed by atoms with Gasteiger partial charge in [0, 0.05) is 24.1 Å². The quantitative estimate of drug-likeness (QED) is 0.813. The Bertz CT molecular complexity index is 364. The second kappa shape index (κ2) is 4.49. The Morgan fingerprint density at radius 3 is 2.81 bits per heavy atom. The molecule has 1 aromatic rings. The number of halogens is 1. The topological polar surface area (TPSA) is 55.5 Å². The molecular formula is C12H16FNO2. The van der Waals surface area contributed by atoms with Crippen LogP contribution in [0.4, 0.5) is 4.39 Å². The van der Waals surface area contributed by atoms with E-state index in [9.17, 15) is 9.50 Å². The number of rotatable bonds is 3. The van der Waals surface area contributed by atoms with Crippen molar-refractivity contribution < 1.29 is 14.2 Å². The normalized spacial score (nSPS) is 26.9. The van der Waals surface area contributed by atoms with E-state index in [1.807, 2.05) is 0 Å². The monoisotopic (exact) mass is 225 g/mol. The molecule has 0 radical (unpaired) electrons. The van der Waals surface area contributed by atoms with Crippen molar-refractivity contribution in [1.29, 1.82) is 0 Å². The third-order valence-corrected chi connectivity index (χ3v) is 3.32. The summed E-state index contributed by atoms with van der Waals surface area (Å²) in [6.45, 7) is 1.25. The summed E-state index contributed by atoms with van der Waals surface area (Å²) in [4.78, 5) is 0. The van der Waals surface area contributed by atoms with E-state index in [4.69, 9.17) is 10.5 Å². The molecule has 0 aromatic heterocycles. The van der Waals surface area contributed by atoms with Crippen LogP contribution >= 0.6 is 0 Å². The predicted octanol–water partition coefficient (Wildman–Crippen LogP) is 1.22. The maximum atomic E-state index is 13.6. The molecule has 4 heteroatoms. The Labute approximate surface area is 94.0 Å². The molecule has 3 nitrogen and oxygen atoms in total. The molecule has 2 atom stereocenters. The smallest absolute Gasteiger partial charge is 0.129 e. The summed E-state index contributed by atoms with van der Waals surface area (Å²) in [5.41, 5.74) is 5.46. The summed E-state index contributed by atoms with van der Waals surface area (Å²) in [5.74, 6) is -0.394. The van der Waals surface area contributed by atoms with Crippen molar-refractivity contribution in [3.63, 3.8) is 0 Å². The van der Waals surface area contributed by atoms with Crippen molar-refractivity contribution in [2.24, 2.45) is 11.1 Å². The van der Waals surface area contributed by atoms with Gasteiger partial charge < -0.3 is 15.6 Å². The van der Waals surface area contributed by atoms with E-state index in [1.165, 1.54) is 6.07 Å². The summed E-state index contributed by atoms with van der Waals surface area (Å²) in [7, 11) is 0. The van der Waals surface area contributed by atoms with Gasteiger partial charge in [0.2, 0.25) is 0 Å². The molecule has 0 aliphatic carbocycles. The Hall–Kier alpha value is -0.970. The Balaban J connectivity index is 2.30. The first-order chi connectivity index (χ1) is 7.69. The van der Waals surface area contributed by atoms with Gasteiger partial charge in [-0.1, -0.05) is 18.2 Å². The molecule has 2 rings (SSSR count). The average molecular weight is 225 g/mol. The van der Waals surface area contributed by atoms with Gasteiger partial charge in [-0.05, 0) is 12.5 Å². The van der Waals surface area contributed by atoms with E-state index in [1.54, 1.807) is 18.2 Å². The first kappa shape index (κ1) is 11.5. The zero-order chi connectivity index (χ0) is 11.6. The second-order valence-electron chi connectivity index (χ2n) is 4.29. The van der Waals surface area contributed by atoms with Gasteiger partial charge >= 0.3 is 0 Å². The molecule has 1 saturated heterocycles. The number of nitrogens with two attached hydrogens (primary N) is 1. The molecule has 3 N–H and O–H groups in total. The maximum Gasteiger partial charge on any atom is 0.129 e. The molecule has 1 fully saturated rings. The van der Waals surface area contributed by atoms with Crippen molar-refractivity contribution >= 4 is 0 Å². The largest absolute Gasteiger partial charge is 0.388 e. The highest BCUT2D eigenvalue weighted by Gasteiger charge is 2.42. The molecular weight excluding hydrogens is 209 g/mol. The first-order valence-electron chi connectivity index (χ1n) is 5.40. The number of hydrogen-bond acceptors (Lipinski definition) is 3. The van der Waals surface area contributed by atoms with E-state index < -0.39 is 17.3 Å². The number of ether oxygens (including phenoxy) is 1. The fourth-order valence-corrected chi connectivity index (χ4v) is 2.14. The van der Waals surface area contributed by atoms with E-state index in [0.29, 0.717) is 31.7 Å². The van der Waals surface area contributed by atoms with Gasteiger partial charge in [0.15, 0.2) is 0 Å². The van der Waals surface area contributed by atoms with Crippen LogP contribution in [0.15, 0.2) is 24.3 Å². The molecule has 0 spiro atoms. The Morgan fingerprint density at radius 1 is 1.50 bits per heavy atom. The lowest BCUT2D eigenvalue weighted by atomic mass is 9.78. The van der Waals surface area contributed by atoms with Crippen molar-refractivity contribution in [1.82, 2.24) is 0 Å². The lowest BCUT2D eigenvalue weighted by Crippen LogP contribution is -2.37. The molecule has 1 aliphatic heterocycles. The number of benzene rings is 1. The summed E-state index contributed by atoms with van der Waals surface area (Å²) >= 11 is 0. The Morgan fingerprint density at radius 2 is 2.25 bits per heavy atom. The van der Waals surface area contributed by atoms with E-state index in [-0.39, 0.29) is 0 Å². The van der Waals surface area contributed by atoms with Crippen LogP contribution in [0.25, 0.3) is 0 Å². The van der Waals surface area contributed by atoms with Gasteiger partial charge in [-0.25, -0.2) is 4.39 Å². The maximum absolute atomic E-state index is 13.6. The van der Waals surface area contributed by atoms with Gasteiger partial charge in [-0.15, -0.1) is 0 Å². The molecule has 1 aliphatic rings. The molecule has 0 bridgehead atoms. The zero-order valence-electron chi connectivity index (χ0n) is 9.03. The lowest BCUT2D eigenvalue weighted by Gasteiger charge is -2.31. The van der Waals surface area contributed by atoms with E-state index in [2.05, 4.69) is 0 Å². The lowest BCUT2D eigenvalue weighted by molar-refractivity contribution is 0.0168. The van der Waals surface area contributed by atoms with Gasteiger partial charge in [-0.2, -0.15) is 0 Å². The molecule has 16 heavy (non-hydrogen) atoms. The van der Waals surface area contributed by atoms with Crippen LogP contribution in [0.2, 0.25) is 0 Å². The zero-order valence-corrected chi connectivity index (χ0v) is 9.03. The molecule has 1 heterocycles. The second-order valence-corrected chi connectivity index (χ2v) is 4.29. The Kier molecular flexibility index (Phi) is 3.23. The number of hydrogen-bond donors (Lipinski definition) is 2. The van der Waals surface area contributed by atoms with Gasteiger partial charge in [0.25, 0.3) is 0 Å². The van der Waals surface area contributed by atoms with Crippen LogP contribution in [0.5, 0.6) is 0 Å². The van der Waals surface area contributed by atoms with Crippen LogP contribution in [-0.4, -0.2) is 24.9 Å². The molecule has 88 valence electrons. The fraction of sp³-hybridized carbons (Fsp3) is 0.500. The SMILES string of the molecule is NCC1(C(O)c2ccccc2F)CCOC1. The van der Waals surface area contributed by atoms with E-state index in [0.717, 1.165) is 0 Å². The third-order valence-electron chi connectivity index (χ3n) is 3.32. The highest BCUT2D eigenvalue weighted by atomic mass is 19.1. The predicted molar refractivity (Wildman–Crippen MR) is 58.3 cm³/mol. The van der Waals surface area contributed by atoms with Crippen LogP contribution in [0.3, 0.4) is 0 Å². The highest BCUT2D eigenvalue weighted by molar-refractivity contribution is 5.22. The molecule has 0 saturated carbocycles. The van der Waals surface area contributed by atoms with Crippen molar-refractivity contribution in [2.75, 3.05) is 19.8 Å². The fourth-order valence-electron chi connectivity index (χ4n) is 2.14. The summed E-state index contributed by atoms with van der Waals surface area (Å²) < 4.78 is 18.8. The molecule has 2 unspecified atom stereocenters. The highest BCUT2D eigenvalue weighted by Crippen LogP contribution is 2.40. The molecule has 0 amide bonds. The summed E-state index contributed by atoms with van der Waals surface area (Å²) in [6, 6.07) is 6.25. The van der Waals surface area contributed by atoms with Crippen molar-refractivity contribution in [2.45, 2.75) is 12.5 Å². The minimum Gasteiger partial charge on any atom is -0.388 e. The number of aliphatic hydroxyl groups is 1. The van der Waals surface area contributed by atoms with Crippen LogP contribution in [0.1, 0.15) is 18.1 Å². The summed E-state index contributed by atoms with van der Waals surface area (Å²) in [6.07, 6.45) is -0.236. The number of aliphatic hydroxyl groups excluding tert-OH is 1. The molecule has 1 aromatic carbocycles. The standard InChI is InChI=1S/C12H16FNO2/c13-10-4-2-1-3-9(10)11(15)12(7-14)5-6-16-8-12/h1-4,11,15H,5-8,14H2. The minimum absolute atomic E-state index is 0.294. The van der Waals surface area contributed by atoms with Crippen LogP contribution in [0, 0.1) is 11.2 Å². The third kappa shape index (κ3) is 1.84. The van der Waals surface area contributed by atoms with Crippen molar-refractivity contribution in [3.8, 4) is 0 Å². The van der Waals surface area contributed by atoms with Crippen LogP contribution < -0.4 is 5.73 Å². The van der Waals surface area contributed by atoms with Gasteiger partial charge in [0.1, 0.15) is 5.82 Å². The van der Waals surface area contributed by atoms with Gasteiger partial charge in [-0.3, -0.25) is 0 Å². The summed E-state index contributed by atoms with van der Waals surface area (Å²) in [5, 5.41) is 10.3. The van der Waals surface area contributed by atoms with Crippen LogP contribution in [-0.2, 0) is 4.74 Å². The van der Waals surface area contributed by atoms with Gasteiger partial charge in [0.05, 0.1) is 12.7 Å². The minimum atomic E-state index is -0.902. The van der Waals surface area contributed by atoms with E-state index >= 15 is 0 Å². The first-order valence-corrected chi connectivity index (χ1v) is 5.40. The average Bonchev–Trinajstić information content (AvgIpc) is 2.78. The van der Waals surface area contributed by atoms with Crippen molar-refractivity contribution in [3.05, 3.63) is 35.6 Å².